The van der Waals surface area contributed by atoms with E-state index < -0.39 is 5.82 Å². The maximum absolute atomic E-state index is 13.8. The fourth-order valence-corrected chi connectivity index (χ4v) is 2.08. The van der Waals surface area contributed by atoms with Crippen LogP contribution in [0.1, 0.15) is 0 Å². The van der Waals surface area contributed by atoms with Gasteiger partial charge in [0, 0.05) is 23.8 Å². The van der Waals surface area contributed by atoms with Crippen LogP contribution in [0.4, 0.5) is 4.39 Å². The molecule has 1 radical (unpaired) electrons. The minimum Gasteiger partial charge on any atom is -0.493 e. The van der Waals surface area contributed by atoms with E-state index in [4.69, 9.17) is 9.47 Å². The number of halogens is 1. The van der Waals surface area contributed by atoms with Gasteiger partial charge in [0.1, 0.15) is 5.82 Å². The number of nitrogens with zero attached hydrogens (tertiary/aromatic N) is 2. The van der Waals surface area contributed by atoms with Crippen molar-refractivity contribution in [1.82, 2.24) is 9.97 Å². The number of hydrogen-bond acceptors (Lipinski definition) is 4. The number of rotatable bonds is 3. The Hall–Kier alpha value is -2.69. The van der Waals surface area contributed by atoms with E-state index in [1.165, 1.54) is 12.3 Å². The Labute approximate surface area is 121 Å². The SMILES string of the molecule is COc1cc2ncc(-c3ccc[c]c3F)nc2cc1OC. The molecule has 0 saturated carbocycles. The van der Waals surface area contributed by atoms with Crippen molar-refractivity contribution in [2.75, 3.05) is 14.2 Å². The van der Waals surface area contributed by atoms with Crippen LogP contribution in [0.5, 0.6) is 11.5 Å². The average Bonchev–Trinajstić information content (AvgIpc) is 2.53. The van der Waals surface area contributed by atoms with Crippen LogP contribution in [0.2, 0.25) is 0 Å². The molecule has 0 N–H and O–H groups in total. The highest BCUT2D eigenvalue weighted by molar-refractivity contribution is 5.81. The summed E-state index contributed by atoms with van der Waals surface area (Å²) in [4.78, 5) is 8.74. The zero-order chi connectivity index (χ0) is 14.8. The maximum atomic E-state index is 13.8. The van der Waals surface area contributed by atoms with Gasteiger partial charge < -0.3 is 9.47 Å². The van der Waals surface area contributed by atoms with E-state index in [9.17, 15) is 4.39 Å². The summed E-state index contributed by atoms with van der Waals surface area (Å²) in [5.74, 6) is 0.675. The quantitative estimate of drug-likeness (QED) is 0.740. The van der Waals surface area contributed by atoms with Crippen molar-refractivity contribution in [3.63, 3.8) is 0 Å². The van der Waals surface area contributed by atoms with Crippen molar-refractivity contribution >= 4 is 11.0 Å². The lowest BCUT2D eigenvalue weighted by atomic mass is 10.1. The maximum Gasteiger partial charge on any atom is 0.163 e. The highest BCUT2D eigenvalue weighted by Crippen LogP contribution is 2.31. The minimum absolute atomic E-state index is 0.363. The van der Waals surface area contributed by atoms with Gasteiger partial charge in [-0.3, -0.25) is 4.98 Å². The first kappa shape index (κ1) is 13.3. The molecule has 21 heavy (non-hydrogen) atoms. The van der Waals surface area contributed by atoms with Crippen molar-refractivity contribution < 1.29 is 13.9 Å². The van der Waals surface area contributed by atoms with E-state index in [-0.39, 0.29) is 0 Å². The molecule has 1 heterocycles. The van der Waals surface area contributed by atoms with Gasteiger partial charge in [0.05, 0.1) is 37.1 Å². The first-order valence-electron chi connectivity index (χ1n) is 6.28. The highest BCUT2D eigenvalue weighted by atomic mass is 19.1. The number of methoxy groups -OCH3 is 2. The van der Waals surface area contributed by atoms with Gasteiger partial charge in [-0.25, -0.2) is 9.37 Å². The lowest BCUT2D eigenvalue weighted by Gasteiger charge is -2.09. The first-order chi connectivity index (χ1) is 10.2. The van der Waals surface area contributed by atoms with Gasteiger partial charge in [0.2, 0.25) is 0 Å². The van der Waals surface area contributed by atoms with Gasteiger partial charge in [-0.1, -0.05) is 12.1 Å². The van der Waals surface area contributed by atoms with Crippen LogP contribution in [0.3, 0.4) is 0 Å². The molecule has 0 aliphatic rings. The molecule has 0 bridgehead atoms. The standard InChI is InChI=1S/C16H12FN2O2/c1-20-15-7-12-13(8-16(15)21-2)19-14(9-18-12)10-5-3-4-6-11(10)17/h3-5,7-9H,1-2H3. The van der Waals surface area contributed by atoms with Gasteiger partial charge in [-0.15, -0.1) is 0 Å². The first-order valence-corrected chi connectivity index (χ1v) is 6.28. The molecule has 0 saturated heterocycles. The van der Waals surface area contributed by atoms with Gasteiger partial charge in [0.25, 0.3) is 0 Å². The third-order valence-corrected chi connectivity index (χ3v) is 3.13. The van der Waals surface area contributed by atoms with Gasteiger partial charge in [0.15, 0.2) is 11.5 Å². The van der Waals surface area contributed by atoms with E-state index in [2.05, 4.69) is 16.0 Å². The fraction of sp³-hybridized carbons (Fsp3) is 0.125. The number of aromatic nitrogens is 2. The summed E-state index contributed by atoms with van der Waals surface area (Å²) in [6.07, 6.45) is 1.53. The zero-order valence-electron chi connectivity index (χ0n) is 11.6. The molecular weight excluding hydrogens is 271 g/mol. The molecule has 1 aromatic heterocycles. The van der Waals surface area contributed by atoms with Gasteiger partial charge in [-0.2, -0.15) is 0 Å². The Kier molecular flexibility index (Phi) is 3.39. The van der Waals surface area contributed by atoms with Crippen LogP contribution >= 0.6 is 0 Å². The summed E-state index contributed by atoms with van der Waals surface area (Å²) in [7, 11) is 3.10. The van der Waals surface area contributed by atoms with E-state index in [0.717, 1.165) is 0 Å². The summed E-state index contributed by atoms with van der Waals surface area (Å²) in [6.45, 7) is 0. The van der Waals surface area contributed by atoms with Crippen molar-refractivity contribution in [2.24, 2.45) is 0 Å². The molecule has 0 fully saturated rings. The molecule has 3 rings (SSSR count). The summed E-state index contributed by atoms with van der Waals surface area (Å²) in [5.41, 5.74) is 2.07. The summed E-state index contributed by atoms with van der Waals surface area (Å²) in [6, 6.07) is 10.8. The Morgan fingerprint density at radius 3 is 2.48 bits per heavy atom. The lowest BCUT2D eigenvalue weighted by molar-refractivity contribution is 0.355. The van der Waals surface area contributed by atoms with E-state index in [1.54, 1.807) is 38.5 Å². The Morgan fingerprint density at radius 1 is 1.10 bits per heavy atom. The fourth-order valence-electron chi connectivity index (χ4n) is 2.08. The van der Waals surface area contributed by atoms with Crippen molar-refractivity contribution in [1.29, 1.82) is 0 Å². The molecular formula is C16H12FN2O2. The molecule has 0 aliphatic carbocycles. The minimum atomic E-state index is -0.452. The van der Waals surface area contributed by atoms with Crippen molar-refractivity contribution in [3.05, 3.63) is 48.4 Å². The molecule has 105 valence electrons. The normalized spacial score (nSPS) is 10.6. The molecule has 5 heteroatoms. The molecule has 0 aliphatic heterocycles. The van der Waals surface area contributed by atoms with Gasteiger partial charge >= 0.3 is 0 Å². The van der Waals surface area contributed by atoms with E-state index in [0.29, 0.717) is 33.8 Å². The van der Waals surface area contributed by atoms with Crippen LogP contribution in [-0.4, -0.2) is 24.2 Å². The second kappa shape index (κ2) is 5.36. The van der Waals surface area contributed by atoms with Crippen LogP contribution in [0.25, 0.3) is 22.3 Å². The zero-order valence-corrected chi connectivity index (χ0v) is 11.6. The number of ether oxygens (including phenoxy) is 2. The molecule has 0 spiro atoms. The van der Waals surface area contributed by atoms with Gasteiger partial charge in [-0.05, 0) is 6.07 Å². The molecule has 0 unspecified atom stereocenters. The second-order valence-electron chi connectivity index (χ2n) is 4.35. The number of fused-ring (bicyclic) bond motifs is 1. The average molecular weight is 283 g/mol. The lowest BCUT2D eigenvalue weighted by Crippen LogP contribution is -1.95. The Morgan fingerprint density at radius 2 is 1.81 bits per heavy atom. The van der Waals surface area contributed by atoms with Crippen LogP contribution in [0.15, 0.2) is 36.5 Å². The third-order valence-electron chi connectivity index (χ3n) is 3.13. The summed E-state index contributed by atoms with van der Waals surface area (Å²) >= 11 is 0. The summed E-state index contributed by atoms with van der Waals surface area (Å²) < 4.78 is 24.2. The Bertz CT molecular complexity index is 805. The van der Waals surface area contributed by atoms with Crippen molar-refractivity contribution in [3.8, 4) is 22.8 Å². The van der Waals surface area contributed by atoms with E-state index >= 15 is 0 Å². The monoisotopic (exact) mass is 283 g/mol. The molecule has 0 atom stereocenters. The molecule has 0 amide bonds. The van der Waals surface area contributed by atoms with Crippen LogP contribution in [0, 0.1) is 11.9 Å². The highest BCUT2D eigenvalue weighted by Gasteiger charge is 2.11. The molecule has 2 aromatic carbocycles. The van der Waals surface area contributed by atoms with E-state index in [1.807, 2.05) is 0 Å². The number of benzene rings is 2. The Balaban J connectivity index is 2.18. The molecule has 3 aromatic rings. The smallest absolute Gasteiger partial charge is 0.163 e. The van der Waals surface area contributed by atoms with Crippen molar-refractivity contribution in [2.45, 2.75) is 0 Å². The van der Waals surface area contributed by atoms with Crippen LogP contribution < -0.4 is 9.47 Å². The van der Waals surface area contributed by atoms with Crippen LogP contribution in [-0.2, 0) is 0 Å². The predicted octanol–water partition coefficient (Wildman–Crippen LogP) is 3.25. The largest absolute Gasteiger partial charge is 0.493 e. The second-order valence-corrected chi connectivity index (χ2v) is 4.35. The predicted molar refractivity (Wildman–Crippen MR) is 76.9 cm³/mol. The third kappa shape index (κ3) is 2.38. The topological polar surface area (TPSA) is 44.2 Å². The summed E-state index contributed by atoms with van der Waals surface area (Å²) in [5, 5.41) is 0. The molecule has 4 nitrogen and oxygen atoms in total. The number of hydrogen-bond donors (Lipinski definition) is 0.